The summed E-state index contributed by atoms with van der Waals surface area (Å²) in [5.74, 6) is 0.903. The van der Waals surface area contributed by atoms with Gasteiger partial charge in [-0.15, -0.1) is 0 Å². The Morgan fingerprint density at radius 3 is 2.18 bits per heavy atom. The minimum absolute atomic E-state index is 0.0677. The third-order valence-corrected chi connectivity index (χ3v) is 7.74. The standard InChI is InChI=1S/C22H31N3O.C9H10O.C5H11NO.CH2O/c1-19(14-20-6-3-2-4-7-20)15-22(26)18-25-12-10-24(11-13-25)17-21-8-5-9-23-16-21;10-9-5-4-7-2-1-3-8(7)6-9;1-5(2,3)6-4-7;1-2/h2-9,16,19,22,26H,10-15,17-18H2,1H3;4-6,10H,1-3H2;4H,1-3H3,(H,6,7);1H2/t19-,22+;;;/m1.../s1. The van der Waals surface area contributed by atoms with Crippen molar-refractivity contribution >= 4 is 13.2 Å². The van der Waals surface area contributed by atoms with Crippen molar-refractivity contribution in [3.8, 4) is 5.75 Å². The number of β-amino-alcohol motifs (C(OH)–C–C–N with tert-alkyl or cyclic N) is 1. The molecule has 1 amide bonds. The molecule has 246 valence electrons. The summed E-state index contributed by atoms with van der Waals surface area (Å²) >= 11 is 0. The number of hydrogen-bond donors (Lipinski definition) is 3. The zero-order valence-electron chi connectivity index (χ0n) is 27.7. The van der Waals surface area contributed by atoms with E-state index in [4.69, 9.17) is 9.90 Å². The van der Waals surface area contributed by atoms with Crippen LogP contribution in [0.5, 0.6) is 5.75 Å². The van der Waals surface area contributed by atoms with E-state index in [0.29, 0.717) is 18.1 Å². The number of phenols is 1. The topological polar surface area (TPSA) is 106 Å². The van der Waals surface area contributed by atoms with E-state index in [-0.39, 0.29) is 11.6 Å². The van der Waals surface area contributed by atoms with Gasteiger partial charge in [0.1, 0.15) is 12.5 Å². The minimum Gasteiger partial charge on any atom is -0.508 e. The molecule has 1 aliphatic heterocycles. The zero-order valence-corrected chi connectivity index (χ0v) is 27.7. The summed E-state index contributed by atoms with van der Waals surface area (Å²) in [5, 5.41) is 22.2. The molecule has 2 heterocycles. The van der Waals surface area contributed by atoms with Gasteiger partial charge < -0.3 is 20.3 Å². The van der Waals surface area contributed by atoms with Crippen LogP contribution in [0.1, 0.15) is 62.8 Å². The van der Waals surface area contributed by atoms with Crippen LogP contribution in [0.15, 0.2) is 73.1 Å². The Morgan fingerprint density at radius 1 is 0.933 bits per heavy atom. The maximum Gasteiger partial charge on any atom is 0.207 e. The number of amides is 1. The molecular formula is C37H54N4O4. The molecule has 0 bridgehead atoms. The first kappa shape index (κ1) is 37.6. The van der Waals surface area contributed by atoms with E-state index in [1.54, 1.807) is 6.07 Å². The summed E-state index contributed by atoms with van der Waals surface area (Å²) in [6.45, 7) is 16.0. The van der Waals surface area contributed by atoms with Gasteiger partial charge in [0.2, 0.25) is 6.41 Å². The van der Waals surface area contributed by atoms with Crippen molar-refractivity contribution in [3.63, 3.8) is 0 Å². The quantitative estimate of drug-likeness (QED) is 0.288. The number of nitrogens with one attached hydrogen (secondary N) is 1. The molecule has 2 aromatic carbocycles. The Hall–Kier alpha value is -3.59. The second-order valence-corrected chi connectivity index (χ2v) is 12.9. The van der Waals surface area contributed by atoms with E-state index < -0.39 is 0 Å². The van der Waals surface area contributed by atoms with Crippen LogP contribution < -0.4 is 5.32 Å². The SMILES string of the molecule is C=O.CC(C)(C)NC=O.C[C@H](Cc1ccccc1)C[C@H](O)CN1CCN(Cc2cccnc2)CC1.Oc1ccc2c(c1)CCC2. The number of rotatable bonds is 9. The van der Waals surface area contributed by atoms with Gasteiger partial charge in [-0.2, -0.15) is 0 Å². The summed E-state index contributed by atoms with van der Waals surface area (Å²) in [5.41, 5.74) is 5.31. The number of pyridine rings is 1. The van der Waals surface area contributed by atoms with E-state index in [9.17, 15) is 9.90 Å². The third-order valence-electron chi connectivity index (χ3n) is 7.74. The number of aliphatic hydroxyl groups excluding tert-OH is 1. The lowest BCUT2D eigenvalue weighted by Crippen LogP contribution is -2.48. The first-order valence-electron chi connectivity index (χ1n) is 16.0. The van der Waals surface area contributed by atoms with Crippen molar-refractivity contribution in [2.45, 2.75) is 78.0 Å². The molecular weight excluding hydrogens is 564 g/mol. The van der Waals surface area contributed by atoms with Gasteiger partial charge in [-0.1, -0.05) is 49.4 Å². The number of phenolic OH excluding ortho intramolecular Hbond substituents is 1. The second-order valence-electron chi connectivity index (χ2n) is 12.9. The molecule has 3 N–H and O–H groups in total. The average molecular weight is 619 g/mol. The van der Waals surface area contributed by atoms with Gasteiger partial charge in [0.15, 0.2) is 0 Å². The van der Waals surface area contributed by atoms with Gasteiger partial charge in [-0.3, -0.25) is 19.6 Å². The number of fused-ring (bicyclic) bond motifs is 1. The van der Waals surface area contributed by atoms with Crippen LogP contribution in [0.2, 0.25) is 0 Å². The summed E-state index contributed by atoms with van der Waals surface area (Å²) in [7, 11) is 0. The lowest BCUT2D eigenvalue weighted by Gasteiger charge is -2.35. The largest absolute Gasteiger partial charge is 0.508 e. The molecule has 0 spiro atoms. The van der Waals surface area contributed by atoms with Gasteiger partial charge in [0.25, 0.3) is 0 Å². The Labute approximate surface area is 270 Å². The van der Waals surface area contributed by atoms with Gasteiger partial charge in [0.05, 0.1) is 6.10 Å². The van der Waals surface area contributed by atoms with Crippen molar-refractivity contribution < 1.29 is 19.8 Å². The second kappa shape index (κ2) is 20.4. The van der Waals surface area contributed by atoms with Crippen LogP contribution in [0.3, 0.4) is 0 Å². The highest BCUT2D eigenvalue weighted by Crippen LogP contribution is 2.25. The lowest BCUT2D eigenvalue weighted by molar-refractivity contribution is -0.110. The van der Waals surface area contributed by atoms with Crippen molar-refractivity contribution in [1.29, 1.82) is 0 Å². The van der Waals surface area contributed by atoms with E-state index in [0.717, 1.165) is 58.5 Å². The maximum atomic E-state index is 10.5. The Kier molecular flexibility index (Phi) is 17.1. The highest BCUT2D eigenvalue weighted by molar-refractivity contribution is 5.47. The molecule has 45 heavy (non-hydrogen) atoms. The highest BCUT2D eigenvalue weighted by atomic mass is 16.3. The number of benzene rings is 2. The van der Waals surface area contributed by atoms with Crippen molar-refractivity contribution in [1.82, 2.24) is 20.1 Å². The zero-order chi connectivity index (χ0) is 33.1. The molecule has 2 aliphatic rings. The number of hydrogen-bond acceptors (Lipinski definition) is 7. The summed E-state index contributed by atoms with van der Waals surface area (Å²) in [4.78, 5) is 26.8. The molecule has 8 heteroatoms. The first-order valence-corrected chi connectivity index (χ1v) is 16.0. The number of piperazine rings is 1. The van der Waals surface area contributed by atoms with Crippen molar-refractivity contribution in [3.05, 3.63) is 95.3 Å². The predicted molar refractivity (Wildman–Crippen MR) is 182 cm³/mol. The molecule has 3 aromatic rings. The third kappa shape index (κ3) is 15.8. The van der Waals surface area contributed by atoms with Crippen LogP contribution in [0, 0.1) is 5.92 Å². The number of aryl methyl sites for hydroxylation is 2. The fourth-order valence-corrected chi connectivity index (χ4v) is 5.55. The molecule has 1 saturated heterocycles. The number of aromatic hydroxyl groups is 1. The van der Waals surface area contributed by atoms with Gasteiger partial charge in [-0.25, -0.2) is 0 Å². The van der Waals surface area contributed by atoms with Crippen LogP contribution in [-0.2, 0) is 35.4 Å². The smallest absolute Gasteiger partial charge is 0.207 e. The van der Waals surface area contributed by atoms with Gasteiger partial charge in [0, 0.05) is 57.2 Å². The lowest BCUT2D eigenvalue weighted by atomic mass is 9.95. The summed E-state index contributed by atoms with van der Waals surface area (Å²) in [6.07, 6.45) is 9.73. The molecule has 0 unspecified atom stereocenters. The minimum atomic E-state index is -0.237. The Balaban J connectivity index is 0.000000302. The number of aromatic nitrogens is 1. The van der Waals surface area contributed by atoms with Crippen molar-refractivity contribution in [2.24, 2.45) is 5.92 Å². The molecule has 1 aromatic heterocycles. The van der Waals surface area contributed by atoms with E-state index in [2.05, 4.69) is 63.4 Å². The first-order chi connectivity index (χ1) is 21.6. The maximum absolute atomic E-state index is 10.5. The Morgan fingerprint density at radius 2 is 1.58 bits per heavy atom. The summed E-state index contributed by atoms with van der Waals surface area (Å²) in [6, 6.07) is 20.4. The van der Waals surface area contributed by atoms with Crippen molar-refractivity contribution in [2.75, 3.05) is 32.7 Å². The molecule has 0 radical (unpaired) electrons. The molecule has 2 atom stereocenters. The average Bonchev–Trinajstić information content (AvgIpc) is 3.48. The number of nitrogens with zero attached hydrogens (tertiary/aromatic N) is 3. The van der Waals surface area contributed by atoms with E-state index in [1.165, 1.54) is 35.1 Å². The number of aliphatic hydroxyl groups is 1. The van der Waals surface area contributed by atoms with Crippen LogP contribution >= 0.6 is 0 Å². The molecule has 1 fully saturated rings. The van der Waals surface area contributed by atoms with Gasteiger partial charge in [-0.05, 0) is 99.2 Å². The van der Waals surface area contributed by atoms with E-state index >= 15 is 0 Å². The molecule has 5 rings (SSSR count). The molecule has 1 aliphatic carbocycles. The van der Waals surface area contributed by atoms with Crippen LogP contribution in [-0.4, -0.2) is 82.6 Å². The monoisotopic (exact) mass is 618 g/mol. The summed E-state index contributed by atoms with van der Waals surface area (Å²) < 4.78 is 0. The normalized spacial score (nSPS) is 15.8. The number of carbonyl (C=O) groups excluding carboxylic acids is 2. The highest BCUT2D eigenvalue weighted by Gasteiger charge is 2.20. The Bertz CT molecular complexity index is 1210. The molecule has 8 nitrogen and oxygen atoms in total. The number of carbonyl (C=O) groups is 2. The fourth-order valence-electron chi connectivity index (χ4n) is 5.55. The predicted octanol–water partition coefficient (Wildman–Crippen LogP) is 5.06. The van der Waals surface area contributed by atoms with Gasteiger partial charge >= 0.3 is 0 Å². The van der Waals surface area contributed by atoms with Crippen LogP contribution in [0.4, 0.5) is 0 Å². The fraction of sp³-hybridized carbons (Fsp3) is 0.486. The molecule has 0 saturated carbocycles. The van der Waals surface area contributed by atoms with E-state index in [1.807, 2.05) is 58.2 Å². The van der Waals surface area contributed by atoms with Crippen LogP contribution in [0.25, 0.3) is 0 Å².